The van der Waals surface area contributed by atoms with Gasteiger partial charge in [-0.2, -0.15) is 0 Å². The number of likely N-dealkylation sites (N-methyl/N-ethyl adjacent to an activating group) is 1. The molecular weight excluding hydrogens is 238 g/mol. The van der Waals surface area contributed by atoms with Crippen LogP contribution >= 0.6 is 0 Å². The highest BCUT2D eigenvalue weighted by Crippen LogP contribution is 2.27. The Morgan fingerprint density at radius 3 is 2.47 bits per heavy atom. The summed E-state index contributed by atoms with van der Waals surface area (Å²) in [6.45, 7) is 6.31. The lowest BCUT2D eigenvalue weighted by Crippen LogP contribution is -2.56. The average molecular weight is 261 g/mol. The Bertz CT molecular complexity index is 452. The van der Waals surface area contributed by atoms with Crippen molar-refractivity contribution < 1.29 is 4.79 Å². The van der Waals surface area contributed by atoms with Crippen molar-refractivity contribution in [3.05, 3.63) is 29.3 Å². The minimum Gasteiger partial charge on any atom is -0.330 e. The fourth-order valence-corrected chi connectivity index (χ4v) is 2.85. The van der Waals surface area contributed by atoms with E-state index < -0.39 is 0 Å². The van der Waals surface area contributed by atoms with Crippen LogP contribution in [-0.4, -0.2) is 43.5 Å². The number of rotatable bonds is 3. The fourth-order valence-electron chi connectivity index (χ4n) is 2.85. The first-order valence-electron chi connectivity index (χ1n) is 6.84. The van der Waals surface area contributed by atoms with Crippen LogP contribution < -0.4 is 10.6 Å². The van der Waals surface area contributed by atoms with E-state index in [4.69, 9.17) is 5.73 Å². The number of hydrogen-bond donors (Lipinski definition) is 1. The number of carbonyl (C=O) groups is 1. The van der Waals surface area contributed by atoms with Crippen LogP contribution in [0.2, 0.25) is 0 Å². The molecule has 0 saturated carbocycles. The van der Waals surface area contributed by atoms with Gasteiger partial charge in [-0.3, -0.25) is 9.69 Å². The summed E-state index contributed by atoms with van der Waals surface area (Å²) < 4.78 is 0. The maximum Gasteiger partial charge on any atom is 0.244 e. The third-order valence-corrected chi connectivity index (χ3v) is 3.91. The number of hydrogen-bond acceptors (Lipinski definition) is 3. The first kappa shape index (κ1) is 14.0. The third kappa shape index (κ3) is 2.65. The van der Waals surface area contributed by atoms with Gasteiger partial charge in [-0.25, -0.2) is 0 Å². The van der Waals surface area contributed by atoms with Crippen molar-refractivity contribution in [2.24, 2.45) is 5.73 Å². The fraction of sp³-hybridized carbons (Fsp3) is 0.533. The topological polar surface area (TPSA) is 49.6 Å². The SMILES string of the molecule is Cc1cccc(C)c1N1CCN(C)C(CCN)C1=O. The van der Waals surface area contributed by atoms with Gasteiger partial charge >= 0.3 is 0 Å². The zero-order valence-electron chi connectivity index (χ0n) is 12.0. The standard InChI is InChI=1S/C15H23N3O/c1-11-5-4-6-12(2)14(11)18-10-9-17(3)13(7-8-16)15(18)19/h4-6,13H,7-10,16H2,1-3H3. The minimum atomic E-state index is -0.0854. The van der Waals surface area contributed by atoms with Crippen LogP contribution in [0, 0.1) is 13.8 Å². The van der Waals surface area contributed by atoms with Gasteiger partial charge in [-0.1, -0.05) is 18.2 Å². The average Bonchev–Trinajstić information content (AvgIpc) is 2.37. The lowest BCUT2D eigenvalue weighted by atomic mass is 10.0. The van der Waals surface area contributed by atoms with E-state index in [2.05, 4.69) is 30.9 Å². The Balaban J connectivity index is 2.32. The molecule has 0 radical (unpaired) electrons. The van der Waals surface area contributed by atoms with Gasteiger partial charge in [0.25, 0.3) is 0 Å². The van der Waals surface area contributed by atoms with E-state index in [0.29, 0.717) is 6.54 Å². The number of benzene rings is 1. The van der Waals surface area contributed by atoms with Crippen LogP contribution in [0.1, 0.15) is 17.5 Å². The summed E-state index contributed by atoms with van der Waals surface area (Å²) in [6, 6.07) is 6.07. The molecular formula is C15H23N3O. The zero-order valence-corrected chi connectivity index (χ0v) is 12.0. The predicted octanol–water partition coefficient (Wildman–Crippen LogP) is 1.30. The Labute approximate surface area is 115 Å². The number of carbonyl (C=O) groups excluding carboxylic acids is 1. The molecule has 0 aliphatic carbocycles. The molecule has 4 heteroatoms. The molecule has 1 aliphatic rings. The van der Waals surface area contributed by atoms with Crippen molar-refractivity contribution in [1.29, 1.82) is 0 Å². The van der Waals surface area contributed by atoms with Gasteiger partial charge in [-0.15, -0.1) is 0 Å². The first-order valence-corrected chi connectivity index (χ1v) is 6.84. The van der Waals surface area contributed by atoms with E-state index in [1.165, 1.54) is 0 Å². The van der Waals surface area contributed by atoms with Gasteiger partial charge < -0.3 is 10.6 Å². The normalized spacial score (nSPS) is 20.9. The summed E-state index contributed by atoms with van der Waals surface area (Å²) in [5, 5.41) is 0. The second-order valence-corrected chi connectivity index (χ2v) is 5.30. The molecule has 1 fully saturated rings. The van der Waals surface area contributed by atoms with Crippen molar-refractivity contribution in [3.8, 4) is 0 Å². The monoisotopic (exact) mass is 261 g/mol. The molecule has 1 aromatic rings. The van der Waals surface area contributed by atoms with Crippen molar-refractivity contribution >= 4 is 11.6 Å². The Hall–Kier alpha value is -1.39. The lowest BCUT2D eigenvalue weighted by molar-refractivity contribution is -0.125. The highest BCUT2D eigenvalue weighted by Gasteiger charge is 2.33. The summed E-state index contributed by atoms with van der Waals surface area (Å²) in [5.74, 6) is 0.177. The van der Waals surface area contributed by atoms with Gasteiger partial charge in [0, 0.05) is 18.8 Å². The minimum absolute atomic E-state index is 0.0854. The van der Waals surface area contributed by atoms with Crippen molar-refractivity contribution in [3.63, 3.8) is 0 Å². The molecule has 1 aromatic carbocycles. The first-order chi connectivity index (χ1) is 9.06. The maximum atomic E-state index is 12.7. The number of amides is 1. The Morgan fingerprint density at radius 2 is 1.89 bits per heavy atom. The molecule has 1 amide bonds. The van der Waals surface area contributed by atoms with Crippen molar-refractivity contribution in [1.82, 2.24) is 4.90 Å². The molecule has 0 spiro atoms. The van der Waals surface area contributed by atoms with E-state index >= 15 is 0 Å². The number of para-hydroxylation sites is 1. The molecule has 2 rings (SSSR count). The van der Waals surface area contributed by atoms with Gasteiger partial charge in [-0.05, 0) is 45.0 Å². The van der Waals surface area contributed by atoms with Crippen LogP contribution in [0.15, 0.2) is 18.2 Å². The summed E-state index contributed by atoms with van der Waals surface area (Å²) in [4.78, 5) is 16.7. The predicted molar refractivity (Wildman–Crippen MR) is 78.4 cm³/mol. The number of piperazine rings is 1. The summed E-state index contributed by atoms with van der Waals surface area (Å²) in [6.07, 6.45) is 0.719. The lowest BCUT2D eigenvalue weighted by Gasteiger charge is -2.39. The quantitative estimate of drug-likeness (QED) is 0.892. The number of nitrogens with two attached hydrogens (primary N) is 1. The number of nitrogens with zero attached hydrogens (tertiary/aromatic N) is 2. The highest BCUT2D eigenvalue weighted by molar-refractivity contribution is 5.99. The number of aryl methyl sites for hydroxylation is 2. The van der Waals surface area contributed by atoms with Gasteiger partial charge in [0.05, 0.1) is 6.04 Å². The highest BCUT2D eigenvalue weighted by atomic mass is 16.2. The van der Waals surface area contributed by atoms with E-state index in [0.717, 1.165) is 36.3 Å². The molecule has 2 N–H and O–H groups in total. The number of anilines is 1. The molecule has 1 atom stereocenters. The van der Waals surface area contributed by atoms with Crippen LogP contribution in [0.5, 0.6) is 0 Å². The molecule has 4 nitrogen and oxygen atoms in total. The Morgan fingerprint density at radius 1 is 1.26 bits per heavy atom. The van der Waals surface area contributed by atoms with Gasteiger partial charge in [0.1, 0.15) is 0 Å². The van der Waals surface area contributed by atoms with E-state index in [9.17, 15) is 4.79 Å². The van der Waals surface area contributed by atoms with E-state index in [-0.39, 0.29) is 11.9 Å². The van der Waals surface area contributed by atoms with Crippen molar-refractivity contribution in [2.45, 2.75) is 26.3 Å². The van der Waals surface area contributed by atoms with Crippen LogP contribution in [0.25, 0.3) is 0 Å². The molecule has 19 heavy (non-hydrogen) atoms. The third-order valence-electron chi connectivity index (χ3n) is 3.91. The molecule has 1 heterocycles. The van der Waals surface area contributed by atoms with E-state index in [1.54, 1.807) is 0 Å². The molecule has 1 aliphatic heterocycles. The molecule has 104 valence electrons. The molecule has 0 bridgehead atoms. The Kier molecular flexibility index (Phi) is 4.22. The van der Waals surface area contributed by atoms with Crippen LogP contribution in [0.4, 0.5) is 5.69 Å². The molecule has 1 saturated heterocycles. The smallest absolute Gasteiger partial charge is 0.244 e. The second kappa shape index (κ2) is 5.72. The second-order valence-electron chi connectivity index (χ2n) is 5.30. The van der Waals surface area contributed by atoms with Crippen molar-refractivity contribution in [2.75, 3.05) is 31.6 Å². The summed E-state index contributed by atoms with van der Waals surface area (Å²) in [7, 11) is 2.00. The van der Waals surface area contributed by atoms with Crippen LogP contribution in [0.3, 0.4) is 0 Å². The van der Waals surface area contributed by atoms with E-state index in [1.807, 2.05) is 18.0 Å². The maximum absolute atomic E-state index is 12.7. The summed E-state index contributed by atoms with van der Waals surface area (Å²) in [5.41, 5.74) is 9.02. The van der Waals surface area contributed by atoms with Gasteiger partial charge in [0.2, 0.25) is 5.91 Å². The zero-order chi connectivity index (χ0) is 14.0. The largest absolute Gasteiger partial charge is 0.330 e. The van der Waals surface area contributed by atoms with Crippen LogP contribution in [-0.2, 0) is 4.79 Å². The molecule has 1 unspecified atom stereocenters. The molecule has 0 aromatic heterocycles. The van der Waals surface area contributed by atoms with Gasteiger partial charge in [0.15, 0.2) is 0 Å². The summed E-state index contributed by atoms with van der Waals surface area (Å²) >= 11 is 0.